The van der Waals surface area contributed by atoms with Gasteiger partial charge in [-0.15, -0.1) is 0 Å². The molecule has 4 rings (SSSR count). The molecule has 4 unspecified atom stereocenters. The fourth-order valence-electron chi connectivity index (χ4n) is 5.77. The van der Waals surface area contributed by atoms with E-state index in [-0.39, 0.29) is 5.75 Å². The Bertz CT molecular complexity index is 831. The quantitative estimate of drug-likeness (QED) is 0.513. The van der Waals surface area contributed by atoms with Gasteiger partial charge in [0.15, 0.2) is 11.6 Å². The summed E-state index contributed by atoms with van der Waals surface area (Å²) in [5.41, 5.74) is 1.17. The Morgan fingerprint density at radius 1 is 0.964 bits per heavy atom. The number of unbranched alkanes of at least 4 members (excludes halogenated alkanes) is 1. The van der Waals surface area contributed by atoms with E-state index < -0.39 is 11.6 Å². The van der Waals surface area contributed by atoms with Crippen LogP contribution in [-0.2, 0) is 0 Å². The summed E-state index contributed by atoms with van der Waals surface area (Å²) < 4.78 is 33.7. The molecule has 0 saturated heterocycles. The first-order valence-electron chi connectivity index (χ1n) is 11.1. The molecule has 2 aliphatic rings. The summed E-state index contributed by atoms with van der Waals surface area (Å²) in [6.45, 7) is 2.28. The van der Waals surface area contributed by atoms with Crippen molar-refractivity contribution in [2.24, 2.45) is 17.8 Å². The molecule has 0 aliphatic heterocycles. The summed E-state index contributed by atoms with van der Waals surface area (Å²) >= 11 is 0. The van der Waals surface area contributed by atoms with E-state index in [1.165, 1.54) is 70.5 Å². The molecule has 4 atom stereocenters. The first-order chi connectivity index (χ1) is 13.6. The average Bonchev–Trinajstić information content (AvgIpc) is 2.74. The van der Waals surface area contributed by atoms with E-state index in [4.69, 9.17) is 4.74 Å². The molecule has 2 aliphatic carbocycles. The maximum absolute atomic E-state index is 14.6. The summed E-state index contributed by atoms with van der Waals surface area (Å²) in [5.74, 6) is 1.39. The monoisotopic (exact) mass is 386 g/mol. The fraction of sp³-hybridized carbons (Fsp3) is 0.600. The van der Waals surface area contributed by atoms with E-state index in [0.717, 1.165) is 17.8 Å². The summed E-state index contributed by atoms with van der Waals surface area (Å²) in [6.07, 6.45) is 11.9. The third kappa shape index (κ3) is 3.77. The van der Waals surface area contributed by atoms with Gasteiger partial charge >= 0.3 is 0 Å². The van der Waals surface area contributed by atoms with Crippen molar-refractivity contribution < 1.29 is 13.5 Å². The van der Waals surface area contributed by atoms with Crippen LogP contribution >= 0.6 is 0 Å². The second kappa shape index (κ2) is 8.39. The molecule has 2 fully saturated rings. The summed E-state index contributed by atoms with van der Waals surface area (Å²) in [5, 5.41) is 1.07. The number of ether oxygens (including phenoxy) is 1. The molecule has 2 saturated carbocycles. The van der Waals surface area contributed by atoms with Crippen molar-refractivity contribution in [3.05, 3.63) is 41.5 Å². The number of fused-ring (bicyclic) bond motifs is 2. The van der Waals surface area contributed by atoms with E-state index in [1.807, 2.05) is 12.1 Å². The average molecular weight is 387 g/mol. The van der Waals surface area contributed by atoms with Crippen molar-refractivity contribution in [3.63, 3.8) is 0 Å². The maximum atomic E-state index is 14.6. The van der Waals surface area contributed by atoms with Crippen LogP contribution in [0.3, 0.4) is 0 Å². The SMILES string of the molecule is CCCCC1CCC2CC(c3ccc4cc(OC)c(F)c(F)c4c3)CCC2C1. The summed E-state index contributed by atoms with van der Waals surface area (Å²) in [7, 11) is 1.37. The molecule has 3 heteroatoms. The molecule has 1 nitrogen and oxygen atoms in total. The van der Waals surface area contributed by atoms with E-state index in [9.17, 15) is 8.78 Å². The molecule has 0 heterocycles. The standard InChI is InChI=1S/C25H32F2O/c1-3-4-5-16-6-7-18-13-19(9-8-17(18)12-16)20-10-11-21-15-23(28-2)25(27)24(26)22(21)14-20/h10-11,14-19H,3-9,12-13H2,1-2H3. The third-order valence-corrected chi connectivity index (χ3v) is 7.39. The lowest BCUT2D eigenvalue weighted by molar-refractivity contribution is 0.113. The van der Waals surface area contributed by atoms with E-state index in [2.05, 4.69) is 13.0 Å². The number of hydrogen-bond acceptors (Lipinski definition) is 1. The van der Waals surface area contributed by atoms with Crippen LogP contribution < -0.4 is 4.74 Å². The molecular formula is C25H32F2O. The number of benzene rings is 2. The van der Waals surface area contributed by atoms with Gasteiger partial charge in [0, 0.05) is 5.39 Å². The molecular weight excluding hydrogens is 354 g/mol. The Hall–Kier alpha value is -1.64. The van der Waals surface area contributed by atoms with Gasteiger partial charge in [0.1, 0.15) is 0 Å². The van der Waals surface area contributed by atoms with E-state index in [1.54, 1.807) is 6.07 Å². The second-order valence-corrected chi connectivity index (χ2v) is 9.04. The van der Waals surface area contributed by atoms with Crippen molar-refractivity contribution in [2.75, 3.05) is 7.11 Å². The van der Waals surface area contributed by atoms with Gasteiger partial charge in [0.05, 0.1) is 7.11 Å². The summed E-state index contributed by atoms with van der Waals surface area (Å²) in [6, 6.07) is 7.50. The Labute approximate surface area is 167 Å². The van der Waals surface area contributed by atoms with Gasteiger partial charge in [-0.05, 0) is 78.9 Å². The highest BCUT2D eigenvalue weighted by Gasteiger charge is 2.35. The van der Waals surface area contributed by atoms with Crippen molar-refractivity contribution >= 4 is 10.8 Å². The molecule has 28 heavy (non-hydrogen) atoms. The van der Waals surface area contributed by atoms with Crippen LogP contribution in [0.4, 0.5) is 8.78 Å². The lowest BCUT2D eigenvalue weighted by Crippen LogP contribution is -2.30. The van der Waals surface area contributed by atoms with Gasteiger partial charge < -0.3 is 4.74 Å². The van der Waals surface area contributed by atoms with E-state index in [0.29, 0.717) is 16.7 Å². The van der Waals surface area contributed by atoms with Crippen LogP contribution in [-0.4, -0.2) is 7.11 Å². The lowest BCUT2D eigenvalue weighted by atomic mass is 9.63. The zero-order chi connectivity index (χ0) is 19.7. The number of halogens is 2. The third-order valence-electron chi connectivity index (χ3n) is 7.39. The Kier molecular flexibility index (Phi) is 5.89. The highest BCUT2D eigenvalue weighted by Crippen LogP contribution is 2.48. The van der Waals surface area contributed by atoms with Crippen LogP contribution in [0, 0.1) is 29.4 Å². The first kappa shape index (κ1) is 19.7. The highest BCUT2D eigenvalue weighted by atomic mass is 19.2. The summed E-state index contributed by atoms with van der Waals surface area (Å²) in [4.78, 5) is 0. The topological polar surface area (TPSA) is 9.23 Å². The first-order valence-corrected chi connectivity index (χ1v) is 11.1. The molecule has 2 aromatic carbocycles. The van der Waals surface area contributed by atoms with Gasteiger partial charge in [0.2, 0.25) is 5.82 Å². The lowest BCUT2D eigenvalue weighted by Gasteiger charge is -2.42. The Morgan fingerprint density at radius 2 is 1.75 bits per heavy atom. The molecule has 0 spiro atoms. The predicted octanol–water partition coefficient (Wildman–Crippen LogP) is 7.62. The zero-order valence-corrected chi connectivity index (χ0v) is 17.1. The molecule has 2 aromatic rings. The minimum absolute atomic E-state index is 0.0295. The molecule has 0 aromatic heterocycles. The van der Waals surface area contributed by atoms with Gasteiger partial charge in [-0.2, -0.15) is 4.39 Å². The van der Waals surface area contributed by atoms with Crippen LogP contribution in [0.1, 0.15) is 76.2 Å². The highest BCUT2D eigenvalue weighted by molar-refractivity contribution is 5.85. The number of methoxy groups -OCH3 is 1. The molecule has 0 radical (unpaired) electrons. The van der Waals surface area contributed by atoms with Crippen LogP contribution in [0.25, 0.3) is 10.8 Å². The Morgan fingerprint density at radius 3 is 2.54 bits per heavy atom. The van der Waals surface area contributed by atoms with Crippen molar-refractivity contribution in [3.8, 4) is 5.75 Å². The molecule has 0 bridgehead atoms. The smallest absolute Gasteiger partial charge is 0.201 e. The fourth-order valence-corrected chi connectivity index (χ4v) is 5.77. The number of hydrogen-bond donors (Lipinski definition) is 0. The maximum Gasteiger partial charge on any atom is 0.201 e. The molecule has 152 valence electrons. The van der Waals surface area contributed by atoms with Gasteiger partial charge in [0.25, 0.3) is 0 Å². The van der Waals surface area contributed by atoms with Crippen molar-refractivity contribution in [1.29, 1.82) is 0 Å². The number of rotatable bonds is 5. The normalized spacial score (nSPS) is 27.6. The van der Waals surface area contributed by atoms with Crippen molar-refractivity contribution in [2.45, 2.75) is 70.6 Å². The molecule has 0 amide bonds. The molecule has 0 N–H and O–H groups in total. The second-order valence-electron chi connectivity index (χ2n) is 9.04. The van der Waals surface area contributed by atoms with Gasteiger partial charge in [-0.1, -0.05) is 44.7 Å². The van der Waals surface area contributed by atoms with Crippen LogP contribution in [0.2, 0.25) is 0 Å². The van der Waals surface area contributed by atoms with Crippen molar-refractivity contribution in [1.82, 2.24) is 0 Å². The van der Waals surface area contributed by atoms with Gasteiger partial charge in [-0.3, -0.25) is 0 Å². The minimum atomic E-state index is -0.888. The van der Waals surface area contributed by atoms with Crippen LogP contribution in [0.5, 0.6) is 5.75 Å². The van der Waals surface area contributed by atoms with Crippen LogP contribution in [0.15, 0.2) is 24.3 Å². The predicted molar refractivity (Wildman–Crippen MR) is 111 cm³/mol. The largest absolute Gasteiger partial charge is 0.494 e. The Balaban J connectivity index is 1.50. The van der Waals surface area contributed by atoms with Gasteiger partial charge in [-0.25, -0.2) is 4.39 Å². The zero-order valence-electron chi connectivity index (χ0n) is 17.1. The van der Waals surface area contributed by atoms with E-state index >= 15 is 0 Å². The minimum Gasteiger partial charge on any atom is -0.494 e.